The van der Waals surface area contributed by atoms with E-state index in [9.17, 15) is 13.2 Å². The van der Waals surface area contributed by atoms with Gasteiger partial charge in [-0.25, -0.2) is 10.8 Å². The number of alkyl halides is 3. The quantitative estimate of drug-likeness (QED) is 0.619. The van der Waals surface area contributed by atoms with Gasteiger partial charge in [0.25, 0.3) is 0 Å². The van der Waals surface area contributed by atoms with E-state index >= 15 is 0 Å². The summed E-state index contributed by atoms with van der Waals surface area (Å²) < 4.78 is 37.2. The van der Waals surface area contributed by atoms with Gasteiger partial charge >= 0.3 is 6.18 Å². The summed E-state index contributed by atoms with van der Waals surface area (Å²) in [4.78, 5) is 5.11. The van der Waals surface area contributed by atoms with Gasteiger partial charge in [0.2, 0.25) is 0 Å². The van der Waals surface area contributed by atoms with Gasteiger partial charge in [-0.1, -0.05) is 6.92 Å². The standard InChI is InChI=1S/C10H15F3N4/c1-2-5-17(7-10(11,12)13)8-3-4-15-9(6-8)16-14/h3-4,6H,2,5,7,14H2,1H3,(H,15,16). The van der Waals surface area contributed by atoms with Gasteiger partial charge < -0.3 is 10.3 Å². The van der Waals surface area contributed by atoms with E-state index in [1.807, 2.05) is 6.92 Å². The van der Waals surface area contributed by atoms with Crippen LogP contribution in [0.1, 0.15) is 13.3 Å². The molecule has 0 bridgehead atoms. The second-order valence-corrected chi connectivity index (χ2v) is 3.58. The molecule has 0 amide bonds. The van der Waals surface area contributed by atoms with Crippen LogP contribution < -0.4 is 16.2 Å². The van der Waals surface area contributed by atoms with Gasteiger partial charge in [-0.15, -0.1) is 0 Å². The van der Waals surface area contributed by atoms with E-state index in [4.69, 9.17) is 5.84 Å². The molecule has 7 heteroatoms. The molecule has 0 aromatic carbocycles. The van der Waals surface area contributed by atoms with Gasteiger partial charge in [0, 0.05) is 24.5 Å². The summed E-state index contributed by atoms with van der Waals surface area (Å²) in [5, 5.41) is 0. The normalized spacial score (nSPS) is 11.4. The zero-order valence-corrected chi connectivity index (χ0v) is 9.46. The molecule has 96 valence electrons. The highest BCUT2D eigenvalue weighted by molar-refractivity contribution is 5.53. The van der Waals surface area contributed by atoms with Crippen molar-refractivity contribution in [3.8, 4) is 0 Å². The smallest absolute Gasteiger partial charge is 0.362 e. The molecular formula is C10H15F3N4. The lowest BCUT2D eigenvalue weighted by molar-refractivity contribution is -0.119. The molecule has 0 aliphatic heterocycles. The first kappa shape index (κ1) is 13.6. The van der Waals surface area contributed by atoms with Gasteiger partial charge in [-0.3, -0.25) is 0 Å². The van der Waals surface area contributed by atoms with Crippen molar-refractivity contribution in [1.82, 2.24) is 4.98 Å². The Morgan fingerprint density at radius 3 is 2.71 bits per heavy atom. The minimum Gasteiger partial charge on any atom is -0.362 e. The minimum atomic E-state index is -4.23. The Kier molecular flexibility index (Phi) is 4.56. The fraction of sp³-hybridized carbons (Fsp3) is 0.500. The maximum Gasteiger partial charge on any atom is 0.405 e. The number of anilines is 2. The third kappa shape index (κ3) is 4.48. The van der Waals surface area contributed by atoms with Crippen LogP contribution in [0.5, 0.6) is 0 Å². The molecule has 4 nitrogen and oxygen atoms in total. The number of hydrazine groups is 1. The van der Waals surface area contributed by atoms with E-state index in [1.165, 1.54) is 23.2 Å². The molecule has 0 aliphatic carbocycles. The molecule has 17 heavy (non-hydrogen) atoms. The molecule has 0 aliphatic rings. The fourth-order valence-electron chi connectivity index (χ4n) is 1.48. The summed E-state index contributed by atoms with van der Waals surface area (Å²) in [5.41, 5.74) is 2.76. The summed E-state index contributed by atoms with van der Waals surface area (Å²) in [6.07, 6.45) is -2.18. The average Bonchev–Trinajstić information content (AvgIpc) is 2.27. The molecular weight excluding hydrogens is 233 g/mol. The minimum absolute atomic E-state index is 0.327. The summed E-state index contributed by atoms with van der Waals surface area (Å²) >= 11 is 0. The summed E-state index contributed by atoms with van der Waals surface area (Å²) in [5.74, 6) is 5.51. The Labute approximate surface area is 97.6 Å². The molecule has 0 fully saturated rings. The second-order valence-electron chi connectivity index (χ2n) is 3.58. The third-order valence-corrected chi connectivity index (χ3v) is 2.12. The molecule has 0 atom stereocenters. The largest absolute Gasteiger partial charge is 0.405 e. The van der Waals surface area contributed by atoms with Crippen molar-refractivity contribution in [3.63, 3.8) is 0 Å². The highest BCUT2D eigenvalue weighted by atomic mass is 19.4. The number of rotatable bonds is 5. The zero-order valence-electron chi connectivity index (χ0n) is 9.46. The van der Waals surface area contributed by atoms with Crippen molar-refractivity contribution < 1.29 is 13.2 Å². The summed E-state index contributed by atoms with van der Waals surface area (Å²) in [7, 11) is 0. The molecule has 1 aromatic heterocycles. The molecule has 1 aromatic rings. The Bertz CT molecular complexity index is 354. The first-order chi connectivity index (χ1) is 7.96. The van der Waals surface area contributed by atoms with Crippen molar-refractivity contribution in [3.05, 3.63) is 18.3 Å². The first-order valence-electron chi connectivity index (χ1n) is 5.20. The average molecular weight is 248 g/mol. The molecule has 0 saturated heterocycles. The maximum absolute atomic E-state index is 12.4. The first-order valence-corrected chi connectivity index (χ1v) is 5.20. The lowest BCUT2D eigenvalue weighted by Crippen LogP contribution is -2.34. The molecule has 1 rings (SSSR count). The van der Waals surface area contributed by atoms with Crippen LogP contribution in [-0.2, 0) is 0 Å². The number of nitrogens with two attached hydrogens (primary N) is 1. The predicted molar refractivity (Wildman–Crippen MR) is 60.6 cm³/mol. The number of nitrogens with zero attached hydrogens (tertiary/aromatic N) is 2. The van der Waals surface area contributed by atoms with Crippen molar-refractivity contribution in [2.75, 3.05) is 23.4 Å². The number of pyridine rings is 1. The van der Waals surface area contributed by atoms with Crippen molar-refractivity contribution in [1.29, 1.82) is 0 Å². The predicted octanol–water partition coefficient (Wildman–Crippen LogP) is 2.15. The van der Waals surface area contributed by atoms with Crippen LogP contribution in [0.25, 0.3) is 0 Å². The number of nitrogens with one attached hydrogen (secondary N) is 1. The molecule has 0 spiro atoms. The number of hydrogen-bond acceptors (Lipinski definition) is 4. The van der Waals surface area contributed by atoms with Crippen LogP contribution in [0.15, 0.2) is 18.3 Å². The topological polar surface area (TPSA) is 54.2 Å². The number of aromatic nitrogens is 1. The summed E-state index contributed by atoms with van der Waals surface area (Å²) in [6, 6.07) is 3.02. The van der Waals surface area contributed by atoms with E-state index in [0.717, 1.165) is 0 Å². The molecule has 0 saturated carbocycles. The Morgan fingerprint density at radius 1 is 1.47 bits per heavy atom. The fourth-order valence-corrected chi connectivity index (χ4v) is 1.48. The van der Waals surface area contributed by atoms with Gasteiger partial charge in [0.1, 0.15) is 12.4 Å². The van der Waals surface area contributed by atoms with Crippen LogP contribution in [-0.4, -0.2) is 24.2 Å². The van der Waals surface area contributed by atoms with Crippen LogP contribution >= 0.6 is 0 Å². The highest BCUT2D eigenvalue weighted by Crippen LogP contribution is 2.23. The van der Waals surface area contributed by atoms with Crippen molar-refractivity contribution in [2.45, 2.75) is 19.5 Å². The van der Waals surface area contributed by atoms with Gasteiger partial charge in [0.05, 0.1) is 0 Å². The molecule has 0 unspecified atom stereocenters. The van der Waals surface area contributed by atoms with Crippen LogP contribution in [0.2, 0.25) is 0 Å². The molecule has 1 heterocycles. The second kappa shape index (κ2) is 5.72. The number of nitrogen functional groups attached to an aromatic ring is 1. The van der Waals surface area contributed by atoms with Crippen LogP contribution in [0.4, 0.5) is 24.7 Å². The lowest BCUT2D eigenvalue weighted by atomic mass is 10.3. The maximum atomic E-state index is 12.4. The van der Waals surface area contributed by atoms with Gasteiger partial charge in [-0.05, 0) is 12.5 Å². The van der Waals surface area contributed by atoms with Crippen molar-refractivity contribution >= 4 is 11.5 Å². The third-order valence-electron chi connectivity index (χ3n) is 2.12. The SMILES string of the molecule is CCCN(CC(F)(F)F)c1ccnc(NN)c1. The van der Waals surface area contributed by atoms with E-state index < -0.39 is 12.7 Å². The zero-order chi connectivity index (χ0) is 12.9. The Hall–Kier alpha value is -1.50. The van der Waals surface area contributed by atoms with Crippen molar-refractivity contribution in [2.24, 2.45) is 5.84 Å². The molecule has 3 N–H and O–H groups in total. The Balaban J connectivity index is 2.88. The Morgan fingerprint density at radius 2 is 2.18 bits per heavy atom. The summed E-state index contributed by atoms with van der Waals surface area (Å²) in [6.45, 7) is 1.18. The van der Waals surface area contributed by atoms with E-state index in [-0.39, 0.29) is 0 Å². The van der Waals surface area contributed by atoms with E-state index in [0.29, 0.717) is 24.5 Å². The van der Waals surface area contributed by atoms with E-state index in [1.54, 1.807) is 0 Å². The van der Waals surface area contributed by atoms with Crippen LogP contribution in [0, 0.1) is 0 Å². The monoisotopic (exact) mass is 248 g/mol. The van der Waals surface area contributed by atoms with E-state index in [2.05, 4.69) is 10.4 Å². The number of halogens is 3. The number of hydrogen-bond donors (Lipinski definition) is 2. The van der Waals surface area contributed by atoms with Gasteiger partial charge in [-0.2, -0.15) is 13.2 Å². The van der Waals surface area contributed by atoms with Crippen LogP contribution in [0.3, 0.4) is 0 Å². The van der Waals surface area contributed by atoms with Gasteiger partial charge in [0.15, 0.2) is 0 Å². The highest BCUT2D eigenvalue weighted by Gasteiger charge is 2.30. The lowest BCUT2D eigenvalue weighted by Gasteiger charge is -2.25. The molecule has 0 radical (unpaired) electrons.